The van der Waals surface area contributed by atoms with Gasteiger partial charge in [-0.05, 0) is 12.1 Å². The number of amides is 1. The van der Waals surface area contributed by atoms with Crippen molar-refractivity contribution in [3.8, 4) is 5.88 Å². The van der Waals surface area contributed by atoms with Gasteiger partial charge in [-0.25, -0.2) is 0 Å². The van der Waals surface area contributed by atoms with Gasteiger partial charge in [0.15, 0.2) is 16.5 Å². The molecule has 0 atom stereocenters. The number of halogens is 1. The van der Waals surface area contributed by atoms with Crippen LogP contribution in [0.5, 0.6) is 5.88 Å². The summed E-state index contributed by atoms with van der Waals surface area (Å²) in [5, 5.41) is 29.0. The van der Waals surface area contributed by atoms with Gasteiger partial charge in [-0.1, -0.05) is 22.9 Å². The lowest BCUT2D eigenvalue weighted by molar-refractivity contribution is -0.135. The van der Waals surface area contributed by atoms with Crippen LogP contribution in [-0.2, 0) is 17.8 Å². The highest BCUT2D eigenvalue weighted by molar-refractivity contribution is 7.17. The summed E-state index contributed by atoms with van der Waals surface area (Å²) >= 11 is 6.99. The molecule has 11 nitrogen and oxygen atoms in total. The van der Waals surface area contributed by atoms with Gasteiger partial charge < -0.3 is 20.4 Å². The number of nitrogens with zero attached hydrogens (tertiary/aromatic N) is 5. The largest absolute Gasteiger partial charge is 0.492 e. The van der Waals surface area contributed by atoms with Gasteiger partial charge in [0.2, 0.25) is 10.8 Å². The molecule has 0 unspecified atom stereocenters. The third-order valence-electron chi connectivity index (χ3n) is 4.36. The third kappa shape index (κ3) is 3.47. The monoisotopic (exact) mass is 436 g/mol. The molecule has 0 saturated heterocycles. The van der Waals surface area contributed by atoms with Crippen LogP contribution >= 0.6 is 22.9 Å². The van der Waals surface area contributed by atoms with E-state index >= 15 is 0 Å². The number of carboxylic acids is 1. The molecule has 1 aliphatic rings. The molecule has 0 radical (unpaired) electrons. The van der Waals surface area contributed by atoms with E-state index < -0.39 is 35.4 Å². The highest BCUT2D eigenvalue weighted by Gasteiger charge is 2.27. The van der Waals surface area contributed by atoms with Gasteiger partial charge in [0.1, 0.15) is 6.54 Å². The fourth-order valence-electron chi connectivity index (χ4n) is 3.08. The molecule has 3 aromatic heterocycles. The predicted molar refractivity (Wildman–Crippen MR) is 103 cm³/mol. The van der Waals surface area contributed by atoms with Crippen LogP contribution in [0.2, 0.25) is 5.15 Å². The van der Waals surface area contributed by atoms with Gasteiger partial charge in [0, 0.05) is 23.5 Å². The van der Waals surface area contributed by atoms with Crippen molar-refractivity contribution >= 4 is 45.6 Å². The van der Waals surface area contributed by atoms with Crippen molar-refractivity contribution < 1.29 is 19.8 Å². The maximum absolute atomic E-state index is 12.9. The molecule has 0 aromatic carbocycles. The second-order valence-corrected chi connectivity index (χ2v) is 7.62. The molecular formula is C16H13ClN6O5S. The second kappa shape index (κ2) is 7.29. The molecule has 0 aliphatic carbocycles. The number of nitrogens with one attached hydrogen (secondary N) is 1. The molecule has 3 aromatic rings. The molecule has 0 fully saturated rings. The van der Waals surface area contributed by atoms with Crippen molar-refractivity contribution in [3.05, 3.63) is 43.8 Å². The normalized spacial score (nSPS) is 13.3. The standard InChI is InChI=1S/C16H13ClN6O5S/c17-9-1-2-10(21-20-9)22-4-3-7-8(6-22)29-16-19-14(27)12(15(28)23(7)16)13(26)18-5-11(24)25/h1-2,27H,3-6H2,(H,18,26)(H,24,25). The number of thiazole rings is 1. The van der Waals surface area contributed by atoms with E-state index in [4.69, 9.17) is 16.7 Å². The van der Waals surface area contributed by atoms with E-state index in [2.05, 4.69) is 20.5 Å². The van der Waals surface area contributed by atoms with Crippen LogP contribution in [0.15, 0.2) is 16.9 Å². The third-order valence-corrected chi connectivity index (χ3v) is 5.63. The van der Waals surface area contributed by atoms with Crippen LogP contribution in [0.3, 0.4) is 0 Å². The Morgan fingerprint density at radius 2 is 2.10 bits per heavy atom. The van der Waals surface area contributed by atoms with E-state index in [1.54, 1.807) is 12.1 Å². The highest BCUT2D eigenvalue weighted by atomic mass is 35.5. The SMILES string of the molecule is O=C(O)CNC(=O)c1c(O)nc2sc3c(n2c1=O)CCN(c1ccc(Cl)nn1)C3. The number of carbonyl (C=O) groups excluding carboxylic acids is 1. The van der Waals surface area contributed by atoms with E-state index in [9.17, 15) is 19.5 Å². The number of carboxylic acid groups (broad SMARTS) is 1. The summed E-state index contributed by atoms with van der Waals surface area (Å²) in [6.45, 7) is 0.308. The number of hydrogen-bond acceptors (Lipinski definition) is 9. The van der Waals surface area contributed by atoms with Gasteiger partial charge in [-0.2, -0.15) is 4.98 Å². The first kappa shape index (κ1) is 19.1. The van der Waals surface area contributed by atoms with Crippen molar-refractivity contribution in [2.75, 3.05) is 18.0 Å². The minimum Gasteiger partial charge on any atom is -0.492 e. The Morgan fingerprint density at radius 1 is 1.31 bits per heavy atom. The number of hydrogen-bond donors (Lipinski definition) is 3. The van der Waals surface area contributed by atoms with Crippen LogP contribution in [0.25, 0.3) is 4.96 Å². The van der Waals surface area contributed by atoms with Gasteiger partial charge in [-0.3, -0.25) is 18.8 Å². The summed E-state index contributed by atoms with van der Waals surface area (Å²) in [5.74, 6) is -2.37. The van der Waals surface area contributed by atoms with Crippen LogP contribution < -0.4 is 15.8 Å². The lowest BCUT2D eigenvalue weighted by Gasteiger charge is -2.27. The Hall–Kier alpha value is -3.25. The zero-order valence-electron chi connectivity index (χ0n) is 14.6. The molecule has 1 amide bonds. The molecule has 1 aliphatic heterocycles. The first-order chi connectivity index (χ1) is 13.8. The van der Waals surface area contributed by atoms with Crippen molar-refractivity contribution in [2.24, 2.45) is 0 Å². The fourth-order valence-corrected chi connectivity index (χ4v) is 4.34. The van der Waals surface area contributed by atoms with Gasteiger partial charge in [-0.15, -0.1) is 10.2 Å². The molecule has 0 bridgehead atoms. The van der Waals surface area contributed by atoms with E-state index in [1.807, 2.05) is 4.90 Å². The molecule has 150 valence electrons. The smallest absolute Gasteiger partial charge is 0.322 e. The maximum atomic E-state index is 12.9. The lowest BCUT2D eigenvalue weighted by atomic mass is 10.1. The summed E-state index contributed by atoms with van der Waals surface area (Å²) in [6, 6.07) is 3.38. The maximum Gasteiger partial charge on any atom is 0.322 e. The lowest BCUT2D eigenvalue weighted by Crippen LogP contribution is -2.36. The average Bonchev–Trinajstić information content (AvgIpc) is 3.04. The van der Waals surface area contributed by atoms with Gasteiger partial charge in [0.25, 0.3) is 11.5 Å². The zero-order valence-corrected chi connectivity index (χ0v) is 16.2. The Bertz CT molecular complexity index is 1190. The summed E-state index contributed by atoms with van der Waals surface area (Å²) in [4.78, 5) is 42.7. The Labute approximate surface area is 171 Å². The topological polar surface area (TPSA) is 150 Å². The minimum absolute atomic E-state index is 0.247. The number of aromatic hydroxyl groups is 1. The number of carbonyl (C=O) groups is 2. The van der Waals surface area contributed by atoms with Crippen LogP contribution in [0, 0.1) is 0 Å². The predicted octanol–water partition coefficient (Wildman–Crippen LogP) is 0.282. The van der Waals surface area contributed by atoms with E-state index in [0.717, 1.165) is 4.88 Å². The zero-order chi connectivity index (χ0) is 20.7. The Balaban J connectivity index is 1.72. The summed E-state index contributed by atoms with van der Waals surface area (Å²) in [6.07, 6.45) is 0.474. The van der Waals surface area contributed by atoms with Gasteiger partial charge >= 0.3 is 5.97 Å². The van der Waals surface area contributed by atoms with E-state index in [1.165, 1.54) is 15.7 Å². The van der Waals surface area contributed by atoms with Crippen molar-refractivity contribution in [3.63, 3.8) is 0 Å². The average molecular weight is 437 g/mol. The number of rotatable bonds is 4. The molecule has 29 heavy (non-hydrogen) atoms. The molecule has 0 saturated carbocycles. The first-order valence-corrected chi connectivity index (χ1v) is 9.55. The summed E-state index contributed by atoms with van der Waals surface area (Å²) < 4.78 is 1.29. The van der Waals surface area contributed by atoms with Gasteiger partial charge in [0.05, 0.1) is 6.54 Å². The summed E-state index contributed by atoms with van der Waals surface area (Å²) in [7, 11) is 0. The summed E-state index contributed by atoms with van der Waals surface area (Å²) in [5.41, 5.74) is -0.643. The second-order valence-electron chi connectivity index (χ2n) is 6.17. The number of anilines is 1. The first-order valence-electron chi connectivity index (χ1n) is 8.35. The van der Waals surface area contributed by atoms with E-state index in [0.29, 0.717) is 31.0 Å². The van der Waals surface area contributed by atoms with E-state index in [-0.39, 0.29) is 10.1 Å². The van der Waals surface area contributed by atoms with Crippen LogP contribution in [0.4, 0.5) is 5.82 Å². The molecule has 0 spiro atoms. The quantitative estimate of drug-likeness (QED) is 0.524. The molecular weight excluding hydrogens is 424 g/mol. The molecule has 4 rings (SSSR count). The number of fused-ring (bicyclic) bond motifs is 3. The number of aromatic nitrogens is 4. The Kier molecular flexibility index (Phi) is 4.80. The van der Waals surface area contributed by atoms with Crippen molar-refractivity contribution in [2.45, 2.75) is 13.0 Å². The number of aliphatic carboxylic acids is 1. The van der Waals surface area contributed by atoms with Crippen molar-refractivity contribution in [1.29, 1.82) is 0 Å². The van der Waals surface area contributed by atoms with Crippen molar-refractivity contribution in [1.82, 2.24) is 24.9 Å². The van der Waals surface area contributed by atoms with Crippen LogP contribution in [-0.4, -0.2) is 54.8 Å². The minimum atomic E-state index is -1.27. The highest BCUT2D eigenvalue weighted by Crippen LogP contribution is 2.30. The molecule has 3 N–H and O–H groups in total. The van der Waals surface area contributed by atoms with Crippen LogP contribution in [0.1, 0.15) is 20.9 Å². The fraction of sp³-hybridized carbons (Fsp3) is 0.250. The Morgan fingerprint density at radius 3 is 2.79 bits per heavy atom. The molecule has 4 heterocycles. The molecule has 13 heteroatoms.